The zero-order chi connectivity index (χ0) is 24.1. The molecule has 1 aliphatic heterocycles. The Morgan fingerprint density at radius 2 is 1.61 bits per heavy atom. The lowest BCUT2D eigenvalue weighted by Crippen LogP contribution is -2.17. The Morgan fingerprint density at radius 3 is 2.18 bits per heavy atom. The fourth-order valence-corrected chi connectivity index (χ4v) is 3.67. The number of fused-ring (bicyclic) bond motifs is 2. The van der Waals surface area contributed by atoms with E-state index in [2.05, 4.69) is 52.9 Å². The second-order valence-corrected chi connectivity index (χ2v) is 10.3. The van der Waals surface area contributed by atoms with Gasteiger partial charge in [-0.1, -0.05) is 47.6 Å². The third kappa shape index (κ3) is 4.44. The van der Waals surface area contributed by atoms with Crippen LogP contribution in [0.15, 0.2) is 57.7 Å². The molecule has 1 aliphatic carbocycles. The van der Waals surface area contributed by atoms with E-state index < -0.39 is 4.92 Å². The summed E-state index contributed by atoms with van der Waals surface area (Å²) < 4.78 is 6.23. The molecule has 170 valence electrons. The number of nitro groups is 1. The van der Waals surface area contributed by atoms with Gasteiger partial charge in [-0.2, -0.15) is 0 Å². The maximum atomic E-state index is 12.8. The van der Waals surface area contributed by atoms with E-state index in [4.69, 9.17) is 9.40 Å². The van der Waals surface area contributed by atoms with Crippen molar-refractivity contribution in [3.63, 3.8) is 0 Å². The van der Waals surface area contributed by atoms with Gasteiger partial charge < -0.3 is 9.73 Å². The van der Waals surface area contributed by atoms with Crippen LogP contribution >= 0.6 is 0 Å². The highest BCUT2D eigenvalue weighted by atomic mass is 16.6. The van der Waals surface area contributed by atoms with E-state index in [9.17, 15) is 14.9 Å². The summed E-state index contributed by atoms with van der Waals surface area (Å²) in [4.78, 5) is 28.0. The molecule has 4 rings (SSSR count). The maximum Gasteiger partial charge on any atom is 0.269 e. The Balaban J connectivity index is 1.86. The van der Waals surface area contributed by atoms with Crippen LogP contribution in [0.3, 0.4) is 0 Å². The van der Waals surface area contributed by atoms with E-state index in [1.165, 1.54) is 18.2 Å². The molecule has 33 heavy (non-hydrogen) atoms. The highest BCUT2D eigenvalue weighted by molar-refractivity contribution is 5.82. The van der Waals surface area contributed by atoms with Gasteiger partial charge in [-0.05, 0) is 40.7 Å². The van der Waals surface area contributed by atoms with Gasteiger partial charge in [0, 0.05) is 29.4 Å². The van der Waals surface area contributed by atoms with Crippen LogP contribution in [0.2, 0.25) is 0 Å². The van der Waals surface area contributed by atoms with Crippen molar-refractivity contribution in [2.24, 2.45) is 0 Å². The first-order chi connectivity index (χ1) is 15.3. The first kappa shape index (κ1) is 22.5. The molecule has 1 N–H and O–H groups in total. The summed E-state index contributed by atoms with van der Waals surface area (Å²) in [6.07, 6.45) is 0. The average Bonchev–Trinajstić information content (AvgIpc) is 2.71. The van der Waals surface area contributed by atoms with Gasteiger partial charge in [0.15, 0.2) is 11.3 Å². The number of nitro benzene ring substituents is 1. The van der Waals surface area contributed by atoms with Crippen LogP contribution in [0.25, 0.3) is 22.6 Å². The number of aromatic nitrogens is 1. The van der Waals surface area contributed by atoms with Gasteiger partial charge in [-0.15, -0.1) is 0 Å². The summed E-state index contributed by atoms with van der Waals surface area (Å²) in [7, 11) is 0. The van der Waals surface area contributed by atoms with Gasteiger partial charge >= 0.3 is 0 Å². The van der Waals surface area contributed by atoms with Crippen molar-refractivity contribution < 1.29 is 9.34 Å². The van der Waals surface area contributed by atoms with Crippen LogP contribution in [0.1, 0.15) is 52.7 Å². The van der Waals surface area contributed by atoms with Crippen molar-refractivity contribution in [1.82, 2.24) is 4.98 Å². The molecule has 0 bridgehead atoms. The number of non-ortho nitro benzene ring substituents is 1. The van der Waals surface area contributed by atoms with Crippen LogP contribution in [-0.4, -0.2) is 9.91 Å². The SMILES string of the molecule is CC(C)(C)c1cc(C(C)(C)C)c2oc3cc(=O)c(Nc4ccc([N+](=O)[O-])cc4)cc-3nc2c1. The molecule has 7 heteroatoms. The van der Waals surface area contributed by atoms with Gasteiger partial charge in [0.25, 0.3) is 5.69 Å². The molecule has 0 fully saturated rings. The van der Waals surface area contributed by atoms with Crippen LogP contribution in [0.5, 0.6) is 0 Å². The Morgan fingerprint density at radius 1 is 0.939 bits per heavy atom. The molecule has 7 nitrogen and oxygen atoms in total. The predicted molar refractivity (Wildman–Crippen MR) is 131 cm³/mol. The Kier molecular flexibility index (Phi) is 5.23. The monoisotopic (exact) mass is 445 g/mol. The van der Waals surface area contributed by atoms with E-state index in [1.54, 1.807) is 18.2 Å². The van der Waals surface area contributed by atoms with Crippen LogP contribution in [-0.2, 0) is 10.8 Å². The normalized spacial score (nSPS) is 12.3. The standard InChI is InChI=1S/C26H27N3O4/c1-25(2,3)15-11-18(26(4,5)6)24-21(12-15)28-20-13-19(22(30)14-23(20)33-24)27-16-7-9-17(10-8-16)29(31)32/h7-14,27H,1-6H3. The molecular weight excluding hydrogens is 418 g/mol. The largest absolute Gasteiger partial charge is 0.452 e. The summed E-state index contributed by atoms with van der Waals surface area (Å²) in [5, 5.41) is 13.9. The molecule has 2 aliphatic rings. The number of nitrogens with zero attached hydrogens (tertiary/aromatic N) is 2. The summed E-state index contributed by atoms with van der Waals surface area (Å²) >= 11 is 0. The Bertz CT molecular complexity index is 1390. The van der Waals surface area contributed by atoms with Crippen molar-refractivity contribution in [2.75, 3.05) is 5.32 Å². The minimum absolute atomic E-state index is 0.0161. The van der Waals surface area contributed by atoms with Crippen molar-refractivity contribution in [3.05, 3.63) is 80.0 Å². The van der Waals surface area contributed by atoms with E-state index in [1.807, 2.05) is 6.07 Å². The summed E-state index contributed by atoms with van der Waals surface area (Å²) in [6, 6.07) is 13.2. The molecule has 0 amide bonds. The van der Waals surface area contributed by atoms with Crippen LogP contribution < -0.4 is 10.7 Å². The highest BCUT2D eigenvalue weighted by Crippen LogP contribution is 2.37. The Labute approximate surface area is 192 Å². The molecule has 0 aromatic heterocycles. The van der Waals surface area contributed by atoms with Crippen molar-refractivity contribution >= 4 is 28.2 Å². The third-order valence-electron chi connectivity index (χ3n) is 5.61. The van der Waals surface area contributed by atoms with Crippen LogP contribution in [0.4, 0.5) is 17.1 Å². The van der Waals surface area contributed by atoms with E-state index >= 15 is 0 Å². The molecule has 0 saturated heterocycles. The molecule has 0 spiro atoms. The van der Waals surface area contributed by atoms with Gasteiger partial charge in [0.05, 0.1) is 10.6 Å². The molecule has 1 heterocycles. The van der Waals surface area contributed by atoms with Crippen molar-refractivity contribution in [1.29, 1.82) is 0 Å². The maximum absolute atomic E-state index is 12.8. The van der Waals surface area contributed by atoms with E-state index in [-0.39, 0.29) is 21.9 Å². The molecule has 0 saturated carbocycles. The molecule has 2 aromatic rings. The first-order valence-corrected chi connectivity index (χ1v) is 10.8. The van der Waals surface area contributed by atoms with Gasteiger partial charge in [-0.3, -0.25) is 14.9 Å². The molecule has 0 unspecified atom stereocenters. The zero-order valence-corrected chi connectivity index (χ0v) is 19.6. The molecule has 0 radical (unpaired) electrons. The zero-order valence-electron chi connectivity index (χ0n) is 19.6. The summed E-state index contributed by atoms with van der Waals surface area (Å²) in [5.41, 5.74) is 4.55. The predicted octanol–water partition coefficient (Wildman–Crippen LogP) is 6.54. The lowest BCUT2D eigenvalue weighted by molar-refractivity contribution is -0.384. The fourth-order valence-electron chi connectivity index (χ4n) is 3.67. The second kappa shape index (κ2) is 7.69. The lowest BCUT2D eigenvalue weighted by atomic mass is 9.80. The summed E-state index contributed by atoms with van der Waals surface area (Å²) in [6.45, 7) is 12.9. The number of benzene rings is 3. The highest BCUT2D eigenvalue weighted by Gasteiger charge is 2.25. The minimum Gasteiger partial charge on any atom is -0.452 e. The first-order valence-electron chi connectivity index (χ1n) is 10.8. The molecule has 2 aromatic carbocycles. The van der Waals surface area contributed by atoms with E-state index in [0.717, 1.165) is 16.6 Å². The van der Waals surface area contributed by atoms with Crippen LogP contribution in [0, 0.1) is 10.1 Å². The third-order valence-corrected chi connectivity index (χ3v) is 5.61. The molecule has 0 atom stereocenters. The van der Waals surface area contributed by atoms with Crippen molar-refractivity contribution in [2.45, 2.75) is 52.4 Å². The number of hydrogen-bond acceptors (Lipinski definition) is 6. The number of hydrogen-bond donors (Lipinski definition) is 1. The quantitative estimate of drug-likeness (QED) is 0.218. The van der Waals surface area contributed by atoms with Gasteiger partial charge in [0.2, 0.25) is 5.43 Å². The molecular formula is C26H27N3O4. The van der Waals surface area contributed by atoms with Gasteiger partial charge in [-0.25, -0.2) is 4.98 Å². The average molecular weight is 446 g/mol. The topological polar surface area (TPSA) is 98.3 Å². The fraction of sp³-hybridized carbons (Fsp3) is 0.308. The second-order valence-electron chi connectivity index (χ2n) is 10.3. The minimum atomic E-state index is -0.465. The van der Waals surface area contributed by atoms with E-state index in [0.29, 0.717) is 28.4 Å². The Hall–Kier alpha value is -3.74. The van der Waals surface area contributed by atoms with Gasteiger partial charge in [0.1, 0.15) is 11.2 Å². The summed E-state index contributed by atoms with van der Waals surface area (Å²) in [5.74, 6) is 0.413. The number of nitrogens with one attached hydrogen (secondary N) is 1. The van der Waals surface area contributed by atoms with Crippen molar-refractivity contribution in [3.8, 4) is 11.5 Å². The number of anilines is 2. The lowest BCUT2D eigenvalue weighted by Gasteiger charge is -2.26. The number of rotatable bonds is 3. The smallest absolute Gasteiger partial charge is 0.269 e.